The van der Waals surface area contributed by atoms with Gasteiger partial charge >= 0.3 is 0 Å². The predicted octanol–water partition coefficient (Wildman–Crippen LogP) is 3.70. The van der Waals surface area contributed by atoms with E-state index in [1.54, 1.807) is 48.5 Å². The molecule has 4 N–H and O–H groups in total. The van der Waals surface area contributed by atoms with Crippen LogP contribution in [0.4, 0.5) is 5.69 Å². The number of hydrogen-bond donors (Lipinski definition) is 3. The highest BCUT2D eigenvalue weighted by Gasteiger charge is 2.15. The van der Waals surface area contributed by atoms with E-state index in [0.29, 0.717) is 30.0 Å². The van der Waals surface area contributed by atoms with Crippen LogP contribution in [0.25, 0.3) is 0 Å². The molecule has 7 heteroatoms. The summed E-state index contributed by atoms with van der Waals surface area (Å²) in [4.78, 5) is 0.208. The number of hydrogen-bond acceptors (Lipinski definition) is 4. The summed E-state index contributed by atoms with van der Waals surface area (Å²) in [5.41, 5.74) is 8.49. The van der Waals surface area contributed by atoms with Gasteiger partial charge in [-0.1, -0.05) is 48.5 Å². The fourth-order valence-corrected chi connectivity index (χ4v) is 3.88. The van der Waals surface area contributed by atoms with Crippen molar-refractivity contribution >= 4 is 21.5 Å². The van der Waals surface area contributed by atoms with E-state index in [4.69, 9.17) is 15.9 Å². The van der Waals surface area contributed by atoms with Crippen LogP contribution in [0.1, 0.15) is 16.7 Å². The molecule has 0 bridgehead atoms. The normalized spacial score (nSPS) is 11.1. The van der Waals surface area contributed by atoms with Crippen LogP contribution in [0.5, 0.6) is 5.75 Å². The van der Waals surface area contributed by atoms with E-state index < -0.39 is 10.0 Å². The first-order valence-electron chi connectivity index (χ1n) is 9.10. The third-order valence-electron chi connectivity index (χ3n) is 4.43. The first-order chi connectivity index (χ1) is 13.8. The van der Waals surface area contributed by atoms with E-state index in [0.717, 1.165) is 11.1 Å². The largest absolute Gasteiger partial charge is 0.493 e. The zero-order chi connectivity index (χ0) is 20.9. The standard InChI is InChI=1S/C22H23N3O3S/c1-16-7-12-19(28-14-13-17-8-10-18(11-9-17)22(23)24)15-21(16)25-29(26,27)20-5-3-2-4-6-20/h2-12,15,25H,13-14H2,1H3,(H3,23,24). The van der Waals surface area contributed by atoms with E-state index >= 15 is 0 Å². The van der Waals surface area contributed by atoms with Gasteiger partial charge in [-0.2, -0.15) is 0 Å². The monoisotopic (exact) mass is 409 g/mol. The number of nitrogen functional groups attached to an aromatic ring is 1. The molecule has 0 spiro atoms. The van der Waals surface area contributed by atoms with Gasteiger partial charge in [0.15, 0.2) is 0 Å². The van der Waals surface area contributed by atoms with Crippen molar-refractivity contribution in [1.29, 1.82) is 5.41 Å². The number of ether oxygens (including phenoxy) is 1. The van der Waals surface area contributed by atoms with Crippen LogP contribution in [-0.4, -0.2) is 20.9 Å². The minimum atomic E-state index is -3.66. The molecule has 3 rings (SSSR count). The molecule has 3 aromatic rings. The molecule has 0 unspecified atom stereocenters. The molecular formula is C22H23N3O3S. The van der Waals surface area contributed by atoms with Crippen LogP contribution in [-0.2, 0) is 16.4 Å². The van der Waals surface area contributed by atoms with Gasteiger partial charge < -0.3 is 10.5 Å². The summed E-state index contributed by atoms with van der Waals surface area (Å²) in [5.74, 6) is 0.625. The van der Waals surface area contributed by atoms with Crippen molar-refractivity contribution in [2.75, 3.05) is 11.3 Å². The number of aryl methyl sites for hydroxylation is 1. The van der Waals surface area contributed by atoms with Gasteiger partial charge in [0.1, 0.15) is 11.6 Å². The molecule has 0 radical (unpaired) electrons. The maximum absolute atomic E-state index is 12.6. The van der Waals surface area contributed by atoms with Gasteiger partial charge in [0.05, 0.1) is 17.2 Å². The summed E-state index contributed by atoms with van der Waals surface area (Å²) >= 11 is 0. The van der Waals surface area contributed by atoms with Crippen molar-refractivity contribution < 1.29 is 13.2 Å². The molecule has 6 nitrogen and oxygen atoms in total. The maximum atomic E-state index is 12.6. The molecule has 0 aliphatic carbocycles. The van der Waals surface area contributed by atoms with Crippen molar-refractivity contribution in [2.24, 2.45) is 5.73 Å². The van der Waals surface area contributed by atoms with E-state index in [9.17, 15) is 8.42 Å². The van der Waals surface area contributed by atoms with Gasteiger partial charge in [-0.3, -0.25) is 10.1 Å². The Hall–Kier alpha value is -3.32. The Kier molecular flexibility index (Phi) is 6.19. The third-order valence-corrected chi connectivity index (χ3v) is 5.81. The number of benzene rings is 3. The van der Waals surface area contributed by atoms with Gasteiger partial charge in [-0.15, -0.1) is 0 Å². The van der Waals surface area contributed by atoms with Crippen molar-refractivity contribution in [3.05, 3.63) is 89.5 Å². The first-order valence-corrected chi connectivity index (χ1v) is 10.6. The zero-order valence-corrected chi connectivity index (χ0v) is 16.9. The molecule has 150 valence electrons. The molecule has 0 fully saturated rings. The SMILES string of the molecule is Cc1ccc(OCCc2ccc(C(=N)N)cc2)cc1NS(=O)(=O)c1ccccc1. The van der Waals surface area contributed by atoms with Crippen LogP contribution in [0.15, 0.2) is 77.7 Å². The second-order valence-corrected chi connectivity index (χ2v) is 8.29. The third kappa shape index (κ3) is 5.36. The highest BCUT2D eigenvalue weighted by Crippen LogP contribution is 2.25. The van der Waals surface area contributed by atoms with Crippen molar-refractivity contribution in [1.82, 2.24) is 0 Å². The van der Waals surface area contributed by atoms with Gasteiger partial charge in [-0.25, -0.2) is 8.42 Å². The Morgan fingerprint density at radius 3 is 2.38 bits per heavy atom. The molecule has 0 heterocycles. The van der Waals surface area contributed by atoms with E-state index in [2.05, 4.69) is 4.72 Å². The average Bonchev–Trinajstić information content (AvgIpc) is 2.71. The summed E-state index contributed by atoms with van der Waals surface area (Å²) in [6.07, 6.45) is 0.678. The van der Waals surface area contributed by atoms with E-state index in [1.807, 2.05) is 31.2 Å². The van der Waals surface area contributed by atoms with Crippen LogP contribution < -0.4 is 15.2 Å². The Labute approximate surface area is 170 Å². The molecule has 0 amide bonds. The summed E-state index contributed by atoms with van der Waals surface area (Å²) < 4.78 is 33.6. The van der Waals surface area contributed by atoms with Crippen LogP contribution >= 0.6 is 0 Å². The number of nitrogens with two attached hydrogens (primary N) is 1. The first kappa shape index (κ1) is 20.4. The molecule has 0 aliphatic heterocycles. The van der Waals surface area contributed by atoms with Crippen LogP contribution in [0.2, 0.25) is 0 Å². The summed E-state index contributed by atoms with van der Waals surface area (Å²) in [5, 5.41) is 7.42. The number of sulfonamides is 1. The molecule has 29 heavy (non-hydrogen) atoms. The fraction of sp³-hybridized carbons (Fsp3) is 0.136. The lowest BCUT2D eigenvalue weighted by atomic mass is 10.1. The van der Waals surface area contributed by atoms with Crippen LogP contribution in [0, 0.1) is 12.3 Å². The lowest BCUT2D eigenvalue weighted by molar-refractivity contribution is 0.322. The Balaban J connectivity index is 1.65. The fourth-order valence-electron chi connectivity index (χ4n) is 2.74. The molecule has 3 aromatic carbocycles. The van der Waals surface area contributed by atoms with Gasteiger partial charge in [0.25, 0.3) is 10.0 Å². The predicted molar refractivity (Wildman–Crippen MR) is 115 cm³/mol. The van der Waals surface area contributed by atoms with Crippen molar-refractivity contribution in [3.8, 4) is 5.75 Å². The minimum Gasteiger partial charge on any atom is -0.493 e. The summed E-state index contributed by atoms with van der Waals surface area (Å²) in [6, 6.07) is 21.0. The molecule has 0 saturated heterocycles. The molecule has 0 atom stereocenters. The maximum Gasteiger partial charge on any atom is 0.261 e. The molecular weight excluding hydrogens is 386 g/mol. The molecule has 0 aliphatic rings. The number of amidine groups is 1. The second-order valence-electron chi connectivity index (χ2n) is 6.60. The topological polar surface area (TPSA) is 105 Å². The Morgan fingerprint density at radius 2 is 1.72 bits per heavy atom. The van der Waals surface area contributed by atoms with Crippen LogP contribution in [0.3, 0.4) is 0 Å². The van der Waals surface area contributed by atoms with Crippen molar-refractivity contribution in [2.45, 2.75) is 18.2 Å². The summed E-state index contributed by atoms with van der Waals surface area (Å²) in [6.45, 7) is 2.27. The lowest BCUT2D eigenvalue weighted by Crippen LogP contribution is -2.13. The highest BCUT2D eigenvalue weighted by molar-refractivity contribution is 7.92. The number of rotatable bonds is 8. The van der Waals surface area contributed by atoms with Gasteiger partial charge in [0.2, 0.25) is 0 Å². The van der Waals surface area contributed by atoms with Gasteiger partial charge in [0, 0.05) is 18.1 Å². The van der Waals surface area contributed by atoms with E-state index in [1.165, 1.54) is 0 Å². The minimum absolute atomic E-state index is 0.0398. The number of anilines is 1. The smallest absolute Gasteiger partial charge is 0.261 e. The lowest BCUT2D eigenvalue weighted by Gasteiger charge is -2.13. The molecule has 0 aromatic heterocycles. The average molecular weight is 410 g/mol. The summed E-state index contributed by atoms with van der Waals surface area (Å²) in [7, 11) is -3.66. The quantitative estimate of drug-likeness (QED) is 0.390. The molecule has 0 saturated carbocycles. The Bertz CT molecular complexity index is 1100. The number of nitrogens with one attached hydrogen (secondary N) is 2. The zero-order valence-electron chi connectivity index (χ0n) is 16.1. The Morgan fingerprint density at radius 1 is 1.03 bits per heavy atom. The van der Waals surface area contributed by atoms with Gasteiger partial charge in [-0.05, 0) is 36.2 Å². The van der Waals surface area contributed by atoms with Crippen molar-refractivity contribution in [3.63, 3.8) is 0 Å². The van der Waals surface area contributed by atoms with E-state index in [-0.39, 0.29) is 10.7 Å². The second kappa shape index (κ2) is 8.79. The highest BCUT2D eigenvalue weighted by atomic mass is 32.2.